The molecule has 98 valence electrons. The Morgan fingerprint density at radius 2 is 2.11 bits per heavy atom. The lowest BCUT2D eigenvalue weighted by molar-refractivity contribution is 0.153. The van der Waals surface area contributed by atoms with Crippen LogP contribution < -0.4 is 0 Å². The zero-order valence-electron chi connectivity index (χ0n) is 10.7. The minimum absolute atomic E-state index is 0.0155. The first-order valence-electron chi connectivity index (χ1n) is 5.77. The molecule has 0 fully saturated rings. The number of halogens is 1. The van der Waals surface area contributed by atoms with Gasteiger partial charge in [0.25, 0.3) is 0 Å². The van der Waals surface area contributed by atoms with Crippen LogP contribution in [-0.4, -0.2) is 41.4 Å². The predicted octanol–water partition coefficient (Wildman–Crippen LogP) is 0.982. The summed E-state index contributed by atoms with van der Waals surface area (Å²) >= 11 is 0. The standard InChI is InChI=1S/C14H18FNO2/c1-11(10-18)16(2)9-13-6-5-12(4-3-7-17)8-14(13)15/h5-6,8,11,17-18H,7,9-10H2,1-2H3. The zero-order valence-corrected chi connectivity index (χ0v) is 10.7. The molecule has 0 aliphatic rings. The Hall–Kier alpha value is -1.41. The fourth-order valence-corrected chi connectivity index (χ4v) is 1.46. The van der Waals surface area contributed by atoms with E-state index in [2.05, 4.69) is 11.8 Å². The number of benzene rings is 1. The molecule has 0 saturated carbocycles. The van der Waals surface area contributed by atoms with Crippen LogP contribution in [0.25, 0.3) is 0 Å². The van der Waals surface area contributed by atoms with Crippen LogP contribution in [0.1, 0.15) is 18.1 Å². The molecule has 0 radical (unpaired) electrons. The molecule has 0 aliphatic heterocycles. The van der Waals surface area contributed by atoms with Crippen molar-refractivity contribution in [3.63, 3.8) is 0 Å². The van der Waals surface area contributed by atoms with E-state index in [9.17, 15) is 4.39 Å². The van der Waals surface area contributed by atoms with Crippen LogP contribution in [0.2, 0.25) is 0 Å². The van der Waals surface area contributed by atoms with Crippen molar-refractivity contribution in [2.45, 2.75) is 19.5 Å². The summed E-state index contributed by atoms with van der Waals surface area (Å²) in [5, 5.41) is 17.6. The molecular formula is C14H18FNO2. The lowest BCUT2D eigenvalue weighted by Crippen LogP contribution is -2.31. The fraction of sp³-hybridized carbons (Fsp3) is 0.429. The number of likely N-dealkylation sites (N-methyl/N-ethyl adjacent to an activating group) is 1. The molecule has 1 aromatic carbocycles. The maximum absolute atomic E-state index is 13.8. The van der Waals surface area contributed by atoms with Crippen molar-refractivity contribution >= 4 is 0 Å². The smallest absolute Gasteiger partial charge is 0.128 e. The van der Waals surface area contributed by atoms with Crippen molar-refractivity contribution in [2.24, 2.45) is 0 Å². The summed E-state index contributed by atoms with van der Waals surface area (Å²) < 4.78 is 13.8. The van der Waals surface area contributed by atoms with Gasteiger partial charge in [-0.2, -0.15) is 0 Å². The van der Waals surface area contributed by atoms with Gasteiger partial charge in [-0.1, -0.05) is 17.9 Å². The molecule has 0 spiro atoms. The van der Waals surface area contributed by atoms with E-state index in [-0.39, 0.29) is 25.1 Å². The normalized spacial score (nSPS) is 12.1. The first-order valence-corrected chi connectivity index (χ1v) is 5.77. The first kappa shape index (κ1) is 14.7. The quantitative estimate of drug-likeness (QED) is 0.784. The Morgan fingerprint density at radius 1 is 1.39 bits per heavy atom. The van der Waals surface area contributed by atoms with Crippen LogP contribution in [-0.2, 0) is 6.54 Å². The van der Waals surface area contributed by atoms with Gasteiger partial charge in [-0.3, -0.25) is 4.90 Å². The summed E-state index contributed by atoms with van der Waals surface area (Å²) in [6, 6.07) is 4.74. The van der Waals surface area contributed by atoms with Crippen LogP contribution in [0.4, 0.5) is 4.39 Å². The molecule has 0 heterocycles. The fourth-order valence-electron chi connectivity index (χ4n) is 1.46. The molecule has 0 saturated heterocycles. The lowest BCUT2D eigenvalue weighted by atomic mass is 10.1. The third kappa shape index (κ3) is 4.11. The number of rotatable bonds is 4. The molecule has 0 bridgehead atoms. The maximum Gasteiger partial charge on any atom is 0.128 e. The number of aliphatic hydroxyl groups excluding tert-OH is 2. The summed E-state index contributed by atoms with van der Waals surface area (Å²) in [5.74, 6) is 4.81. The van der Waals surface area contributed by atoms with Crippen LogP contribution in [0, 0.1) is 17.7 Å². The van der Waals surface area contributed by atoms with E-state index in [1.807, 2.05) is 18.9 Å². The molecule has 1 rings (SSSR count). The molecule has 18 heavy (non-hydrogen) atoms. The largest absolute Gasteiger partial charge is 0.395 e. The van der Waals surface area contributed by atoms with Crippen molar-refractivity contribution in [1.82, 2.24) is 4.90 Å². The van der Waals surface area contributed by atoms with Gasteiger partial charge in [-0.25, -0.2) is 4.39 Å². The highest BCUT2D eigenvalue weighted by Crippen LogP contribution is 2.13. The monoisotopic (exact) mass is 251 g/mol. The van der Waals surface area contributed by atoms with Crippen LogP contribution in [0.3, 0.4) is 0 Å². The molecular weight excluding hydrogens is 233 g/mol. The van der Waals surface area contributed by atoms with Gasteiger partial charge in [0.1, 0.15) is 12.4 Å². The van der Waals surface area contributed by atoms with Gasteiger partial charge < -0.3 is 10.2 Å². The van der Waals surface area contributed by atoms with Gasteiger partial charge >= 0.3 is 0 Å². The van der Waals surface area contributed by atoms with E-state index >= 15 is 0 Å². The Kier molecular flexibility index (Phi) is 5.79. The molecule has 2 N–H and O–H groups in total. The predicted molar refractivity (Wildman–Crippen MR) is 68.4 cm³/mol. The van der Waals surface area contributed by atoms with E-state index in [1.165, 1.54) is 6.07 Å². The third-order valence-corrected chi connectivity index (χ3v) is 2.80. The van der Waals surface area contributed by atoms with E-state index in [4.69, 9.17) is 10.2 Å². The zero-order chi connectivity index (χ0) is 13.5. The summed E-state index contributed by atoms with van der Waals surface area (Å²) in [5.41, 5.74) is 1.11. The molecule has 0 amide bonds. The van der Waals surface area contributed by atoms with E-state index in [1.54, 1.807) is 12.1 Å². The van der Waals surface area contributed by atoms with Crippen molar-refractivity contribution < 1.29 is 14.6 Å². The highest BCUT2D eigenvalue weighted by Gasteiger charge is 2.11. The van der Waals surface area contributed by atoms with Crippen LogP contribution in [0.5, 0.6) is 0 Å². The SMILES string of the molecule is CC(CO)N(C)Cc1ccc(C#CCO)cc1F. The molecule has 1 aromatic rings. The first-order chi connectivity index (χ1) is 8.58. The minimum atomic E-state index is -0.322. The van der Waals surface area contributed by atoms with E-state index < -0.39 is 0 Å². The van der Waals surface area contributed by atoms with Gasteiger partial charge in [0.05, 0.1) is 6.61 Å². The van der Waals surface area contributed by atoms with Crippen molar-refractivity contribution in [1.29, 1.82) is 0 Å². The second-order valence-corrected chi connectivity index (χ2v) is 4.21. The van der Waals surface area contributed by atoms with Crippen molar-refractivity contribution in [2.75, 3.05) is 20.3 Å². The van der Waals surface area contributed by atoms with Gasteiger partial charge in [0.15, 0.2) is 0 Å². The summed E-state index contributed by atoms with van der Waals surface area (Å²) in [7, 11) is 1.83. The second-order valence-electron chi connectivity index (χ2n) is 4.21. The second kappa shape index (κ2) is 7.12. The molecule has 4 heteroatoms. The Bertz CT molecular complexity index is 451. The number of hydrogen-bond donors (Lipinski definition) is 2. The topological polar surface area (TPSA) is 43.7 Å². The highest BCUT2D eigenvalue weighted by molar-refractivity contribution is 5.37. The van der Waals surface area contributed by atoms with E-state index in [0.29, 0.717) is 17.7 Å². The third-order valence-electron chi connectivity index (χ3n) is 2.80. The van der Waals surface area contributed by atoms with Crippen LogP contribution >= 0.6 is 0 Å². The lowest BCUT2D eigenvalue weighted by Gasteiger charge is -2.22. The summed E-state index contributed by atoms with van der Waals surface area (Å²) in [4.78, 5) is 1.87. The number of nitrogens with zero attached hydrogens (tertiary/aromatic N) is 1. The Balaban J connectivity index is 2.79. The average Bonchev–Trinajstić information content (AvgIpc) is 2.38. The average molecular weight is 251 g/mol. The molecule has 3 nitrogen and oxygen atoms in total. The minimum Gasteiger partial charge on any atom is -0.395 e. The Labute approximate surface area is 107 Å². The summed E-state index contributed by atoms with van der Waals surface area (Å²) in [6.45, 7) is 2.11. The van der Waals surface area contributed by atoms with E-state index in [0.717, 1.165) is 0 Å². The Morgan fingerprint density at radius 3 is 2.67 bits per heavy atom. The van der Waals surface area contributed by atoms with Gasteiger partial charge in [-0.15, -0.1) is 0 Å². The summed E-state index contributed by atoms with van der Waals surface area (Å²) in [6.07, 6.45) is 0. The van der Waals surface area contributed by atoms with Crippen molar-refractivity contribution in [3.8, 4) is 11.8 Å². The number of hydrogen-bond acceptors (Lipinski definition) is 3. The molecule has 0 aromatic heterocycles. The van der Waals surface area contributed by atoms with Gasteiger partial charge in [0.2, 0.25) is 0 Å². The molecule has 0 aliphatic carbocycles. The maximum atomic E-state index is 13.8. The van der Waals surface area contributed by atoms with Gasteiger partial charge in [-0.05, 0) is 26.1 Å². The molecule has 1 unspecified atom stereocenters. The molecule has 1 atom stereocenters. The van der Waals surface area contributed by atoms with Crippen LogP contribution in [0.15, 0.2) is 18.2 Å². The van der Waals surface area contributed by atoms with Gasteiger partial charge in [0, 0.05) is 23.7 Å². The highest BCUT2D eigenvalue weighted by atomic mass is 19.1. The number of aliphatic hydroxyl groups is 2. The van der Waals surface area contributed by atoms with Crippen molar-refractivity contribution in [3.05, 3.63) is 35.1 Å².